The third-order valence-electron chi connectivity index (χ3n) is 4.28. The van der Waals surface area contributed by atoms with Crippen molar-refractivity contribution in [2.24, 2.45) is 16.7 Å². The Hall–Kier alpha value is -0.0400. The van der Waals surface area contributed by atoms with Crippen LogP contribution in [0.5, 0.6) is 0 Å². The summed E-state index contributed by atoms with van der Waals surface area (Å²) in [6, 6.07) is 0. The van der Waals surface area contributed by atoms with Crippen molar-refractivity contribution in [3.63, 3.8) is 0 Å². The van der Waals surface area contributed by atoms with Crippen molar-refractivity contribution in [2.45, 2.75) is 66.8 Å². The number of rotatable bonds is 0. The van der Waals surface area contributed by atoms with Crippen LogP contribution in [0, 0.1) is 16.7 Å². The summed E-state index contributed by atoms with van der Waals surface area (Å²) in [5, 5.41) is 3.84. The van der Waals surface area contributed by atoms with Crippen LogP contribution in [0.3, 0.4) is 0 Å². The largest absolute Gasteiger partial charge is 0.310 e. The first-order chi connectivity index (χ1) is 6.60. The smallest absolute Gasteiger partial charge is 0.0280 e. The Kier molecular flexibility index (Phi) is 3.27. The molecule has 1 heterocycles. The number of hydrogen-bond donors (Lipinski definition) is 1. The highest BCUT2D eigenvalue weighted by Crippen LogP contribution is 2.49. The SMILES string of the molecule is CC1CCNC(C(C)(C)C)(C(C)(C)C)C1. The van der Waals surface area contributed by atoms with Gasteiger partial charge in [0.25, 0.3) is 0 Å². The van der Waals surface area contributed by atoms with E-state index >= 15 is 0 Å². The van der Waals surface area contributed by atoms with Crippen LogP contribution in [0.4, 0.5) is 0 Å². The topological polar surface area (TPSA) is 12.0 Å². The molecule has 1 atom stereocenters. The maximum Gasteiger partial charge on any atom is 0.0280 e. The molecule has 1 aliphatic rings. The monoisotopic (exact) mass is 211 g/mol. The molecule has 1 heteroatoms. The van der Waals surface area contributed by atoms with Gasteiger partial charge in [0.05, 0.1) is 0 Å². The fourth-order valence-corrected chi connectivity index (χ4v) is 3.50. The normalized spacial score (nSPS) is 27.8. The quantitative estimate of drug-likeness (QED) is 0.642. The van der Waals surface area contributed by atoms with E-state index in [-0.39, 0.29) is 5.54 Å². The van der Waals surface area contributed by atoms with Crippen molar-refractivity contribution < 1.29 is 0 Å². The predicted octanol–water partition coefficient (Wildman–Crippen LogP) is 3.84. The van der Waals surface area contributed by atoms with E-state index in [1.807, 2.05) is 0 Å². The number of nitrogens with one attached hydrogen (secondary N) is 1. The van der Waals surface area contributed by atoms with Gasteiger partial charge in [-0.25, -0.2) is 0 Å². The summed E-state index contributed by atoms with van der Waals surface area (Å²) >= 11 is 0. The number of piperidine rings is 1. The highest BCUT2D eigenvalue weighted by atomic mass is 15.0. The molecule has 1 N–H and O–H groups in total. The Morgan fingerprint density at radius 2 is 1.47 bits per heavy atom. The van der Waals surface area contributed by atoms with E-state index < -0.39 is 0 Å². The summed E-state index contributed by atoms with van der Waals surface area (Å²) in [6.07, 6.45) is 2.63. The van der Waals surface area contributed by atoms with Crippen LogP contribution in [0.15, 0.2) is 0 Å². The number of hydrogen-bond acceptors (Lipinski definition) is 1. The first-order valence-corrected chi connectivity index (χ1v) is 6.35. The van der Waals surface area contributed by atoms with Crippen LogP contribution in [-0.4, -0.2) is 12.1 Å². The lowest BCUT2D eigenvalue weighted by Crippen LogP contribution is -2.65. The Morgan fingerprint density at radius 3 is 1.73 bits per heavy atom. The van der Waals surface area contributed by atoms with E-state index in [9.17, 15) is 0 Å². The van der Waals surface area contributed by atoms with Gasteiger partial charge in [0.15, 0.2) is 0 Å². The standard InChI is InChI=1S/C14H29N/c1-11-8-9-15-14(10-11,12(2,3)4)13(5,6)7/h11,15H,8-10H2,1-7H3. The molecule has 0 radical (unpaired) electrons. The molecule has 1 aliphatic heterocycles. The lowest BCUT2D eigenvalue weighted by Gasteiger charge is -2.57. The molecule has 1 nitrogen and oxygen atoms in total. The van der Waals surface area contributed by atoms with Crippen LogP contribution in [0.1, 0.15) is 61.3 Å². The maximum absolute atomic E-state index is 3.84. The molecule has 0 aliphatic carbocycles. The Morgan fingerprint density at radius 1 is 1.00 bits per heavy atom. The summed E-state index contributed by atoms with van der Waals surface area (Å²) in [5.74, 6) is 0.852. The summed E-state index contributed by atoms with van der Waals surface area (Å²) in [7, 11) is 0. The molecular weight excluding hydrogens is 182 g/mol. The highest BCUT2D eigenvalue weighted by Gasteiger charge is 2.51. The van der Waals surface area contributed by atoms with Crippen molar-refractivity contribution >= 4 is 0 Å². The van der Waals surface area contributed by atoms with Gasteiger partial charge in [-0.3, -0.25) is 0 Å². The third-order valence-corrected chi connectivity index (χ3v) is 4.28. The van der Waals surface area contributed by atoms with Gasteiger partial charge < -0.3 is 5.32 Å². The van der Waals surface area contributed by atoms with Crippen molar-refractivity contribution in [1.82, 2.24) is 5.32 Å². The minimum Gasteiger partial charge on any atom is -0.310 e. The van der Waals surface area contributed by atoms with Crippen LogP contribution >= 0.6 is 0 Å². The second-order valence-corrected chi connectivity index (χ2v) is 7.43. The van der Waals surface area contributed by atoms with E-state index in [2.05, 4.69) is 53.8 Å². The molecule has 1 rings (SSSR count). The van der Waals surface area contributed by atoms with Gasteiger partial charge in [0.1, 0.15) is 0 Å². The second-order valence-electron chi connectivity index (χ2n) is 7.43. The Labute approximate surface area is 96.0 Å². The molecule has 0 saturated carbocycles. The van der Waals surface area contributed by atoms with Gasteiger partial charge in [-0.15, -0.1) is 0 Å². The van der Waals surface area contributed by atoms with Gasteiger partial charge in [-0.2, -0.15) is 0 Å². The van der Waals surface area contributed by atoms with Crippen molar-refractivity contribution in [3.05, 3.63) is 0 Å². The molecule has 0 bridgehead atoms. The zero-order valence-electron chi connectivity index (χ0n) is 11.7. The summed E-state index contributed by atoms with van der Waals surface area (Å²) in [6.45, 7) is 17.8. The van der Waals surface area contributed by atoms with Gasteiger partial charge in [-0.1, -0.05) is 48.5 Å². The van der Waals surface area contributed by atoms with Gasteiger partial charge in [-0.05, 0) is 36.1 Å². The fraction of sp³-hybridized carbons (Fsp3) is 1.00. The minimum absolute atomic E-state index is 0.275. The molecule has 0 aromatic carbocycles. The summed E-state index contributed by atoms with van der Waals surface area (Å²) < 4.78 is 0. The third kappa shape index (κ3) is 2.22. The second kappa shape index (κ2) is 3.76. The lowest BCUT2D eigenvalue weighted by molar-refractivity contribution is -0.0173. The average molecular weight is 211 g/mol. The maximum atomic E-state index is 3.84. The molecular formula is C14H29N. The van der Waals surface area contributed by atoms with E-state index in [1.54, 1.807) is 0 Å². The van der Waals surface area contributed by atoms with E-state index in [0.717, 1.165) is 5.92 Å². The molecule has 15 heavy (non-hydrogen) atoms. The predicted molar refractivity (Wildman–Crippen MR) is 68.0 cm³/mol. The first kappa shape index (κ1) is 13.0. The van der Waals surface area contributed by atoms with E-state index in [1.165, 1.54) is 19.4 Å². The van der Waals surface area contributed by atoms with Crippen molar-refractivity contribution in [1.29, 1.82) is 0 Å². The molecule has 1 unspecified atom stereocenters. The van der Waals surface area contributed by atoms with Gasteiger partial charge >= 0.3 is 0 Å². The fourth-order valence-electron chi connectivity index (χ4n) is 3.50. The molecule has 0 spiro atoms. The van der Waals surface area contributed by atoms with Gasteiger partial charge in [0, 0.05) is 5.54 Å². The Bertz CT molecular complexity index is 202. The summed E-state index contributed by atoms with van der Waals surface area (Å²) in [4.78, 5) is 0. The van der Waals surface area contributed by atoms with Crippen LogP contribution < -0.4 is 5.32 Å². The molecule has 90 valence electrons. The van der Waals surface area contributed by atoms with Crippen molar-refractivity contribution in [3.8, 4) is 0 Å². The zero-order chi connectivity index (χ0) is 11.9. The molecule has 0 aromatic rings. The zero-order valence-corrected chi connectivity index (χ0v) is 11.7. The minimum atomic E-state index is 0.275. The average Bonchev–Trinajstić information content (AvgIpc) is 1.99. The van der Waals surface area contributed by atoms with E-state index in [4.69, 9.17) is 0 Å². The van der Waals surface area contributed by atoms with Crippen LogP contribution in [0.2, 0.25) is 0 Å². The van der Waals surface area contributed by atoms with Gasteiger partial charge in [0.2, 0.25) is 0 Å². The van der Waals surface area contributed by atoms with Crippen molar-refractivity contribution in [2.75, 3.05) is 6.54 Å². The van der Waals surface area contributed by atoms with E-state index in [0.29, 0.717) is 10.8 Å². The molecule has 1 fully saturated rings. The summed E-state index contributed by atoms with van der Waals surface area (Å²) in [5.41, 5.74) is 0.914. The van der Waals surface area contributed by atoms with Crippen LogP contribution in [0.25, 0.3) is 0 Å². The lowest BCUT2D eigenvalue weighted by atomic mass is 9.55. The molecule has 1 saturated heterocycles. The van der Waals surface area contributed by atoms with Crippen LogP contribution in [-0.2, 0) is 0 Å². The molecule has 0 aromatic heterocycles. The first-order valence-electron chi connectivity index (χ1n) is 6.35. The molecule has 0 amide bonds. The Balaban J connectivity index is 3.07. The highest BCUT2D eigenvalue weighted by molar-refractivity contribution is 5.08.